The third-order valence-corrected chi connectivity index (χ3v) is 4.78. The van der Waals surface area contributed by atoms with Crippen molar-refractivity contribution in [1.82, 2.24) is 9.80 Å². The molecule has 1 aromatic carbocycles. The van der Waals surface area contributed by atoms with Crippen LogP contribution in [0.15, 0.2) is 18.2 Å². The van der Waals surface area contributed by atoms with Crippen molar-refractivity contribution in [2.75, 3.05) is 40.4 Å². The van der Waals surface area contributed by atoms with Crippen LogP contribution in [0.5, 0.6) is 11.5 Å². The van der Waals surface area contributed by atoms with Crippen LogP contribution in [0.2, 0.25) is 0 Å². The number of piperidine rings is 1. The molecule has 0 radical (unpaired) electrons. The molecule has 1 amide bonds. The number of carbonyl (C=O) groups excluding carboxylic acids is 1. The van der Waals surface area contributed by atoms with E-state index in [2.05, 4.69) is 11.0 Å². The van der Waals surface area contributed by atoms with Gasteiger partial charge in [-0.15, -0.1) is 0 Å². The van der Waals surface area contributed by atoms with E-state index >= 15 is 0 Å². The Bertz CT molecular complexity index is 543. The molecule has 134 valence electrons. The van der Waals surface area contributed by atoms with E-state index in [-0.39, 0.29) is 5.92 Å². The van der Waals surface area contributed by atoms with Crippen LogP contribution >= 0.6 is 0 Å². The molecule has 0 unspecified atom stereocenters. The molecule has 1 aliphatic rings. The molecule has 1 atom stereocenters. The third kappa shape index (κ3) is 4.41. The minimum absolute atomic E-state index is 0.124. The van der Waals surface area contributed by atoms with Crippen molar-refractivity contribution in [2.24, 2.45) is 5.92 Å². The van der Waals surface area contributed by atoms with Crippen molar-refractivity contribution in [3.8, 4) is 11.5 Å². The minimum Gasteiger partial charge on any atom is -0.493 e. The molecule has 0 aliphatic carbocycles. The van der Waals surface area contributed by atoms with Crippen molar-refractivity contribution in [3.63, 3.8) is 0 Å². The SMILES string of the molecule is CCN(CC)C(=O)[C@@H]1CCCN(Cc2ccc(OC)c(OC)c2)C1. The van der Waals surface area contributed by atoms with E-state index < -0.39 is 0 Å². The van der Waals surface area contributed by atoms with Crippen LogP contribution in [0, 0.1) is 5.92 Å². The van der Waals surface area contributed by atoms with Crippen LogP contribution in [0.1, 0.15) is 32.3 Å². The predicted molar refractivity (Wildman–Crippen MR) is 95.5 cm³/mol. The van der Waals surface area contributed by atoms with Crippen molar-refractivity contribution < 1.29 is 14.3 Å². The molecule has 5 heteroatoms. The van der Waals surface area contributed by atoms with Gasteiger partial charge in [-0.2, -0.15) is 0 Å². The van der Waals surface area contributed by atoms with E-state index in [0.717, 1.165) is 57.1 Å². The van der Waals surface area contributed by atoms with E-state index in [1.807, 2.05) is 30.9 Å². The van der Waals surface area contributed by atoms with E-state index in [0.29, 0.717) is 5.91 Å². The first kappa shape index (κ1) is 18.6. The standard InChI is InChI=1S/C19H30N2O3/c1-5-21(6-2)19(22)16-8-7-11-20(14-16)13-15-9-10-17(23-3)18(12-15)24-4/h9-10,12,16H,5-8,11,13-14H2,1-4H3/t16-/m1/s1. The second-order valence-electron chi connectivity index (χ2n) is 6.27. The molecule has 2 rings (SSSR count). The Morgan fingerprint density at radius 2 is 1.92 bits per heavy atom. The van der Waals surface area contributed by atoms with Gasteiger partial charge in [0.2, 0.25) is 5.91 Å². The highest BCUT2D eigenvalue weighted by molar-refractivity contribution is 5.79. The number of rotatable bonds is 7. The lowest BCUT2D eigenvalue weighted by Gasteiger charge is -2.34. The number of benzene rings is 1. The smallest absolute Gasteiger partial charge is 0.226 e. The molecule has 1 heterocycles. The lowest BCUT2D eigenvalue weighted by atomic mass is 9.96. The highest BCUT2D eigenvalue weighted by Gasteiger charge is 2.28. The molecule has 0 spiro atoms. The van der Waals surface area contributed by atoms with E-state index in [4.69, 9.17) is 9.47 Å². The molecule has 5 nitrogen and oxygen atoms in total. The number of hydrogen-bond acceptors (Lipinski definition) is 4. The molecule has 24 heavy (non-hydrogen) atoms. The Balaban J connectivity index is 2.01. The van der Waals surface area contributed by atoms with Crippen LogP contribution in [-0.4, -0.2) is 56.1 Å². The number of ether oxygens (including phenoxy) is 2. The second kappa shape index (κ2) is 8.92. The number of likely N-dealkylation sites (tertiary alicyclic amines) is 1. The Kier molecular flexibility index (Phi) is 6.91. The van der Waals surface area contributed by atoms with Gasteiger partial charge in [0.05, 0.1) is 20.1 Å². The molecular formula is C19H30N2O3. The quantitative estimate of drug-likeness (QED) is 0.769. The average molecular weight is 334 g/mol. The summed E-state index contributed by atoms with van der Waals surface area (Å²) in [5.41, 5.74) is 1.18. The van der Waals surface area contributed by atoms with Gasteiger partial charge in [-0.3, -0.25) is 9.69 Å². The Morgan fingerprint density at radius 3 is 2.54 bits per heavy atom. The minimum atomic E-state index is 0.124. The summed E-state index contributed by atoms with van der Waals surface area (Å²) < 4.78 is 10.7. The number of carbonyl (C=O) groups is 1. The number of methoxy groups -OCH3 is 2. The van der Waals surface area contributed by atoms with Gasteiger partial charge in [-0.05, 0) is 50.9 Å². The van der Waals surface area contributed by atoms with Crippen LogP contribution in [0.3, 0.4) is 0 Å². The molecule has 0 N–H and O–H groups in total. The van der Waals surface area contributed by atoms with Crippen molar-refractivity contribution >= 4 is 5.91 Å². The summed E-state index contributed by atoms with van der Waals surface area (Å²) in [4.78, 5) is 16.9. The number of hydrogen-bond donors (Lipinski definition) is 0. The van der Waals surface area contributed by atoms with Gasteiger partial charge < -0.3 is 14.4 Å². The first-order valence-corrected chi connectivity index (χ1v) is 8.84. The molecule has 0 aromatic heterocycles. The highest BCUT2D eigenvalue weighted by Crippen LogP contribution is 2.29. The van der Waals surface area contributed by atoms with Gasteiger partial charge in [0.15, 0.2) is 11.5 Å². The Labute approximate surface area is 145 Å². The Hall–Kier alpha value is -1.75. The summed E-state index contributed by atoms with van der Waals surface area (Å²) in [5, 5.41) is 0. The zero-order chi connectivity index (χ0) is 17.5. The maximum atomic E-state index is 12.6. The summed E-state index contributed by atoms with van der Waals surface area (Å²) >= 11 is 0. The van der Waals surface area contributed by atoms with Gasteiger partial charge in [-0.1, -0.05) is 6.07 Å². The van der Waals surface area contributed by atoms with Crippen molar-refractivity contribution in [1.29, 1.82) is 0 Å². The highest BCUT2D eigenvalue weighted by atomic mass is 16.5. The van der Waals surface area contributed by atoms with Crippen LogP contribution in [-0.2, 0) is 11.3 Å². The summed E-state index contributed by atoms with van der Waals surface area (Å²) in [6.07, 6.45) is 2.07. The van der Waals surface area contributed by atoms with E-state index in [9.17, 15) is 4.79 Å². The monoisotopic (exact) mass is 334 g/mol. The zero-order valence-corrected chi connectivity index (χ0v) is 15.4. The molecule has 1 aromatic rings. The normalized spacial score (nSPS) is 18.2. The Morgan fingerprint density at radius 1 is 1.21 bits per heavy atom. The topological polar surface area (TPSA) is 42.0 Å². The van der Waals surface area contributed by atoms with Crippen molar-refractivity contribution in [3.05, 3.63) is 23.8 Å². The largest absolute Gasteiger partial charge is 0.493 e. The van der Waals surface area contributed by atoms with Gasteiger partial charge in [0.25, 0.3) is 0 Å². The van der Waals surface area contributed by atoms with Crippen LogP contribution in [0.25, 0.3) is 0 Å². The molecule has 0 saturated carbocycles. The fourth-order valence-corrected chi connectivity index (χ4v) is 3.43. The summed E-state index contributed by atoms with van der Waals surface area (Å²) in [5.74, 6) is 1.92. The number of nitrogens with zero attached hydrogens (tertiary/aromatic N) is 2. The van der Waals surface area contributed by atoms with Gasteiger partial charge in [-0.25, -0.2) is 0 Å². The predicted octanol–water partition coefficient (Wildman–Crippen LogP) is 2.78. The van der Waals surface area contributed by atoms with Gasteiger partial charge in [0.1, 0.15) is 0 Å². The maximum absolute atomic E-state index is 12.6. The number of amides is 1. The van der Waals surface area contributed by atoms with Gasteiger partial charge in [0, 0.05) is 26.2 Å². The molecule has 1 fully saturated rings. The first-order valence-electron chi connectivity index (χ1n) is 8.84. The fourth-order valence-electron chi connectivity index (χ4n) is 3.43. The van der Waals surface area contributed by atoms with E-state index in [1.165, 1.54) is 5.56 Å². The lowest BCUT2D eigenvalue weighted by Crippen LogP contribution is -2.44. The summed E-state index contributed by atoms with van der Waals surface area (Å²) in [6, 6.07) is 6.03. The molecule has 1 saturated heterocycles. The van der Waals surface area contributed by atoms with Gasteiger partial charge >= 0.3 is 0 Å². The third-order valence-electron chi connectivity index (χ3n) is 4.78. The fraction of sp³-hybridized carbons (Fsp3) is 0.632. The van der Waals surface area contributed by atoms with Crippen LogP contribution in [0.4, 0.5) is 0 Å². The molecule has 0 bridgehead atoms. The average Bonchev–Trinajstić information content (AvgIpc) is 2.62. The lowest BCUT2D eigenvalue weighted by molar-refractivity contribution is -0.137. The summed E-state index contributed by atoms with van der Waals surface area (Å²) in [6.45, 7) is 8.39. The molecular weight excluding hydrogens is 304 g/mol. The second-order valence-corrected chi connectivity index (χ2v) is 6.27. The first-order chi connectivity index (χ1) is 11.6. The van der Waals surface area contributed by atoms with Crippen LogP contribution < -0.4 is 9.47 Å². The van der Waals surface area contributed by atoms with E-state index in [1.54, 1.807) is 14.2 Å². The van der Waals surface area contributed by atoms with Crippen molar-refractivity contribution in [2.45, 2.75) is 33.2 Å². The zero-order valence-electron chi connectivity index (χ0n) is 15.4. The summed E-state index contributed by atoms with van der Waals surface area (Å²) in [7, 11) is 3.30. The molecule has 1 aliphatic heterocycles. The maximum Gasteiger partial charge on any atom is 0.226 e.